The van der Waals surface area contributed by atoms with Crippen molar-refractivity contribution in [2.75, 3.05) is 5.32 Å². The molecule has 0 aliphatic rings. The fourth-order valence-corrected chi connectivity index (χ4v) is 9.31. The summed E-state index contributed by atoms with van der Waals surface area (Å²) in [6.07, 6.45) is 0. The lowest BCUT2D eigenvalue weighted by Crippen LogP contribution is -2.11. The molecule has 7 aromatic rings. The summed E-state index contributed by atoms with van der Waals surface area (Å²) in [5.41, 5.74) is 0.359. The molecule has 25 heteroatoms. The van der Waals surface area contributed by atoms with Gasteiger partial charge in [0.05, 0.1) is 21.2 Å². The van der Waals surface area contributed by atoms with Crippen LogP contribution < -0.4 is 5.32 Å². The molecular formula is C39H27N5O15S5. The van der Waals surface area contributed by atoms with Crippen molar-refractivity contribution >= 4 is 108 Å². The molecule has 0 aromatic heterocycles. The second kappa shape index (κ2) is 17.1. The smallest absolute Gasteiger partial charge is 0.298 e. The van der Waals surface area contributed by atoms with E-state index in [1.54, 1.807) is 48.5 Å². The Morgan fingerprint density at radius 1 is 0.484 bits per heavy atom. The second-order valence-electron chi connectivity index (χ2n) is 13.3. The molecule has 0 saturated heterocycles. The van der Waals surface area contributed by atoms with Crippen molar-refractivity contribution in [2.45, 2.75) is 29.4 Å². The van der Waals surface area contributed by atoms with E-state index in [-0.39, 0.29) is 49.9 Å². The second-order valence-corrected chi connectivity index (χ2v) is 20.1. The highest BCUT2D eigenvalue weighted by Gasteiger charge is 2.25. The molecule has 328 valence electrons. The van der Waals surface area contributed by atoms with E-state index in [9.17, 15) is 66.9 Å². The summed E-state index contributed by atoms with van der Waals surface area (Å²) >= 11 is 1.36. The van der Waals surface area contributed by atoms with Crippen LogP contribution in [-0.2, 0) is 40.5 Å². The van der Waals surface area contributed by atoms with Gasteiger partial charge in [-0.15, -0.1) is 10.2 Å². The summed E-state index contributed by atoms with van der Waals surface area (Å²) in [5, 5.41) is 39.4. The lowest BCUT2D eigenvalue weighted by Gasteiger charge is -2.10. The van der Waals surface area contributed by atoms with Crippen LogP contribution in [0.2, 0.25) is 0 Å². The number of phenolic OH excluding ortho intramolecular Hbond substituents is 2. The summed E-state index contributed by atoms with van der Waals surface area (Å²) in [5.74, 6) is -1.95. The Hall–Kier alpha value is -6.68. The Morgan fingerprint density at radius 2 is 1.02 bits per heavy atom. The zero-order valence-corrected chi connectivity index (χ0v) is 35.8. The molecule has 7 rings (SSSR count). The van der Waals surface area contributed by atoms with Crippen molar-refractivity contribution in [2.24, 2.45) is 20.5 Å². The summed E-state index contributed by atoms with van der Waals surface area (Å²) in [7, 11) is -19.6. The van der Waals surface area contributed by atoms with E-state index in [1.165, 1.54) is 42.1 Å². The molecule has 0 heterocycles. The van der Waals surface area contributed by atoms with Gasteiger partial charge in [0.15, 0.2) is 5.75 Å². The van der Waals surface area contributed by atoms with Gasteiger partial charge in [0.1, 0.15) is 26.9 Å². The molecule has 7 aromatic carbocycles. The molecule has 0 aliphatic carbocycles. The number of azo groups is 2. The number of benzene rings is 7. The minimum atomic E-state index is -4.99. The molecule has 7 N–H and O–H groups in total. The van der Waals surface area contributed by atoms with Crippen LogP contribution in [0, 0.1) is 0 Å². The highest BCUT2D eigenvalue weighted by atomic mass is 32.2. The Bertz CT molecular complexity index is 3570. The van der Waals surface area contributed by atoms with Crippen LogP contribution in [0.5, 0.6) is 11.5 Å². The third-order valence-corrected chi connectivity index (χ3v) is 13.5. The number of carbonyl (C=O) groups excluding carboxylic acids is 1. The zero-order valence-electron chi connectivity index (χ0n) is 31.7. The molecule has 0 bridgehead atoms. The predicted octanol–water partition coefficient (Wildman–Crippen LogP) is 8.63. The van der Waals surface area contributed by atoms with Gasteiger partial charge in [0, 0.05) is 37.2 Å². The number of anilines is 1. The number of hydrogen-bond acceptors (Lipinski definition) is 16. The number of carbonyl (C=O) groups is 1. The summed E-state index contributed by atoms with van der Waals surface area (Å²) in [6.45, 7) is 0. The number of rotatable bonds is 12. The number of aromatic hydroxyl groups is 2. The van der Waals surface area contributed by atoms with E-state index in [0.29, 0.717) is 11.8 Å². The maximum atomic E-state index is 13.0. The van der Waals surface area contributed by atoms with Crippen molar-refractivity contribution in [3.8, 4) is 11.5 Å². The Balaban J connectivity index is 1.01. The number of amides is 1. The monoisotopic (exact) mass is 965 g/mol. The average Bonchev–Trinajstić information content (AvgIpc) is 3.22. The van der Waals surface area contributed by atoms with Gasteiger partial charge in [-0.1, -0.05) is 17.8 Å². The molecule has 0 unspecified atom stereocenters. The highest BCUT2D eigenvalue weighted by Crippen LogP contribution is 2.43. The van der Waals surface area contributed by atoms with Gasteiger partial charge < -0.3 is 15.5 Å². The molecule has 20 nitrogen and oxygen atoms in total. The van der Waals surface area contributed by atoms with Crippen LogP contribution in [-0.4, -0.2) is 68.0 Å². The first-order valence-corrected chi connectivity index (χ1v) is 24.2. The summed E-state index contributed by atoms with van der Waals surface area (Å²) < 4.78 is 133. The lowest BCUT2D eigenvalue weighted by molar-refractivity contribution is 0.102. The van der Waals surface area contributed by atoms with E-state index in [2.05, 4.69) is 25.8 Å². The average molecular weight is 966 g/mol. The Kier molecular flexibility index (Phi) is 12.1. The van der Waals surface area contributed by atoms with E-state index in [1.807, 2.05) is 0 Å². The predicted molar refractivity (Wildman–Crippen MR) is 230 cm³/mol. The molecule has 1 amide bonds. The first-order valence-electron chi connectivity index (χ1n) is 17.6. The molecule has 0 atom stereocenters. The van der Waals surface area contributed by atoms with E-state index >= 15 is 0 Å². The molecule has 0 aliphatic heterocycles. The van der Waals surface area contributed by atoms with Crippen molar-refractivity contribution in [1.29, 1.82) is 0 Å². The van der Waals surface area contributed by atoms with Crippen molar-refractivity contribution in [3.05, 3.63) is 127 Å². The van der Waals surface area contributed by atoms with Gasteiger partial charge in [-0.25, -0.2) is 0 Å². The molecule has 0 saturated carbocycles. The normalized spacial score (nSPS) is 12.7. The van der Waals surface area contributed by atoms with Crippen LogP contribution in [0.25, 0.3) is 21.5 Å². The zero-order chi connectivity index (χ0) is 46.4. The van der Waals surface area contributed by atoms with Crippen LogP contribution in [0.3, 0.4) is 0 Å². The quantitative estimate of drug-likeness (QED) is 0.0445. The Labute approximate surface area is 366 Å². The first-order chi connectivity index (χ1) is 30.0. The minimum Gasteiger partial charge on any atom is -0.506 e. The van der Waals surface area contributed by atoms with Gasteiger partial charge in [-0.05, 0) is 121 Å². The van der Waals surface area contributed by atoms with Gasteiger partial charge in [-0.2, -0.15) is 43.9 Å². The third-order valence-electron chi connectivity index (χ3n) is 9.04. The van der Waals surface area contributed by atoms with Crippen LogP contribution >= 0.6 is 11.8 Å². The number of hydrogen-bond donors (Lipinski definition) is 7. The van der Waals surface area contributed by atoms with Crippen LogP contribution in [0.1, 0.15) is 10.4 Å². The molecule has 0 radical (unpaired) electrons. The lowest BCUT2D eigenvalue weighted by atomic mass is 10.1. The van der Waals surface area contributed by atoms with Gasteiger partial charge >= 0.3 is 0 Å². The van der Waals surface area contributed by atoms with E-state index < -0.39 is 77.5 Å². The van der Waals surface area contributed by atoms with Crippen LogP contribution in [0.15, 0.2) is 171 Å². The SMILES string of the molecule is O=C(Nc1ccc(Sc2ccc(N=Nc3c(O)c(S(=O)(=O)O)cc4cc(S(=O)(=O)O)ccc34)cc2)cc1)c1ccc(N=Nc2c(O)ccc3c(S(=O)(=O)O)cc(S(=O)(=O)O)cc23)cc1. The van der Waals surface area contributed by atoms with Crippen LogP contribution in [0.4, 0.5) is 28.4 Å². The number of nitrogens with zero attached hydrogens (tertiary/aromatic N) is 4. The molecular weight excluding hydrogens is 939 g/mol. The maximum Gasteiger partial charge on any atom is 0.298 e. The minimum absolute atomic E-state index is 0.0678. The highest BCUT2D eigenvalue weighted by molar-refractivity contribution is 7.99. The van der Waals surface area contributed by atoms with Gasteiger partial charge in [-0.3, -0.25) is 23.0 Å². The Morgan fingerprint density at radius 3 is 1.58 bits per heavy atom. The fraction of sp³-hybridized carbons (Fsp3) is 0. The molecule has 0 fully saturated rings. The van der Waals surface area contributed by atoms with E-state index in [0.717, 1.165) is 46.2 Å². The van der Waals surface area contributed by atoms with Crippen molar-refractivity contribution in [3.63, 3.8) is 0 Å². The fourth-order valence-electron chi connectivity index (χ4n) is 6.03. The first kappa shape index (κ1) is 45.3. The summed E-state index contributed by atoms with van der Waals surface area (Å²) in [4.78, 5) is 11.3. The largest absolute Gasteiger partial charge is 0.506 e. The third kappa shape index (κ3) is 10.1. The van der Waals surface area contributed by atoms with Crippen molar-refractivity contribution < 1.29 is 66.9 Å². The standard InChI is InChI=1S/C39H27N5O15S5/c45-33-16-15-31-32(19-29(62(51,52)53)20-34(31)63(54,55)56)36(33)43-41-24-3-1-21(2-4-24)39(47)40-23-5-9-26(10-6-23)60-27-11-7-25(8-12-27)42-44-37-30-14-13-28(61(48,49)50)17-22(30)18-35(38(37)46)64(57,58)59/h1-20,45-46H,(H,40,47)(H,48,49,50)(H,51,52,53)(H,54,55,56)(H,57,58,59). The van der Waals surface area contributed by atoms with Gasteiger partial charge in [0.2, 0.25) is 0 Å². The molecule has 64 heavy (non-hydrogen) atoms. The number of phenols is 2. The topological polar surface area (TPSA) is 336 Å². The molecule has 0 spiro atoms. The summed E-state index contributed by atoms with van der Waals surface area (Å²) in [6, 6.07) is 26.6. The maximum absolute atomic E-state index is 13.0. The van der Waals surface area contributed by atoms with Gasteiger partial charge in [0.25, 0.3) is 46.4 Å². The number of nitrogens with one attached hydrogen (secondary N) is 1. The number of fused-ring (bicyclic) bond motifs is 2. The van der Waals surface area contributed by atoms with E-state index in [4.69, 9.17) is 0 Å². The van der Waals surface area contributed by atoms with Crippen molar-refractivity contribution in [1.82, 2.24) is 0 Å².